The molecule has 0 aliphatic carbocycles. The van der Waals surface area contributed by atoms with Gasteiger partial charge >= 0.3 is 0 Å². The van der Waals surface area contributed by atoms with Crippen molar-refractivity contribution in [3.63, 3.8) is 0 Å². The third-order valence-corrected chi connectivity index (χ3v) is 4.82. The number of ether oxygens (including phenoxy) is 2. The molecule has 0 unspecified atom stereocenters. The number of hydrogen-bond acceptors (Lipinski definition) is 4. The van der Waals surface area contributed by atoms with Gasteiger partial charge in [-0.2, -0.15) is 0 Å². The van der Waals surface area contributed by atoms with Crippen molar-refractivity contribution < 1.29 is 14.6 Å². The van der Waals surface area contributed by atoms with E-state index in [1.807, 2.05) is 49.4 Å². The number of halogens is 1. The van der Waals surface area contributed by atoms with Crippen LogP contribution in [0.5, 0.6) is 11.5 Å². The molecule has 2 N–H and O–H groups in total. The topological polar surface area (TPSA) is 50.7 Å². The average molecular weight is 404 g/mol. The fraction of sp³-hybridized carbons (Fsp3) is 0.300. The quantitative estimate of drug-likeness (QED) is 0.766. The van der Waals surface area contributed by atoms with E-state index in [1.54, 1.807) is 7.11 Å². The lowest BCUT2D eigenvalue weighted by Crippen LogP contribution is -2.34. The van der Waals surface area contributed by atoms with Crippen molar-refractivity contribution in [1.82, 2.24) is 5.32 Å². The Morgan fingerprint density at radius 1 is 1.24 bits per heavy atom. The lowest BCUT2D eigenvalue weighted by Gasteiger charge is -2.23. The Morgan fingerprint density at radius 2 is 2.00 bits per heavy atom. The summed E-state index contributed by atoms with van der Waals surface area (Å²) in [5.74, 6) is 1.68. The molecule has 1 aliphatic rings. The molecule has 2 aromatic rings. The second kappa shape index (κ2) is 8.04. The molecular formula is C20H22BrNO3. The molecule has 0 amide bonds. The molecule has 132 valence electrons. The van der Waals surface area contributed by atoms with Crippen LogP contribution in [0.3, 0.4) is 0 Å². The second-order valence-electron chi connectivity index (χ2n) is 6.16. The lowest BCUT2D eigenvalue weighted by atomic mass is 10.0. The van der Waals surface area contributed by atoms with E-state index in [4.69, 9.17) is 9.47 Å². The summed E-state index contributed by atoms with van der Waals surface area (Å²) >= 11 is 3.49. The molecule has 2 atom stereocenters. The minimum Gasteiger partial charge on any atom is -0.497 e. The molecule has 0 saturated carbocycles. The van der Waals surface area contributed by atoms with Gasteiger partial charge in [0.1, 0.15) is 18.1 Å². The van der Waals surface area contributed by atoms with Gasteiger partial charge in [0, 0.05) is 22.6 Å². The van der Waals surface area contributed by atoms with E-state index in [0.717, 1.165) is 32.7 Å². The summed E-state index contributed by atoms with van der Waals surface area (Å²) in [7, 11) is 1.63. The minimum atomic E-state index is -0.586. The first kappa shape index (κ1) is 18.0. The number of methoxy groups -OCH3 is 1. The van der Waals surface area contributed by atoms with Crippen LogP contribution in [0.15, 0.2) is 52.5 Å². The maximum Gasteiger partial charge on any atom is 0.127 e. The van der Waals surface area contributed by atoms with E-state index < -0.39 is 6.10 Å². The highest BCUT2D eigenvalue weighted by Gasteiger charge is 2.18. The largest absolute Gasteiger partial charge is 0.497 e. The Balaban J connectivity index is 1.60. The van der Waals surface area contributed by atoms with Crippen LogP contribution in [0, 0.1) is 0 Å². The summed E-state index contributed by atoms with van der Waals surface area (Å²) < 4.78 is 12.0. The normalized spacial score (nSPS) is 15.6. The number of hydrogen-bond donors (Lipinski definition) is 2. The van der Waals surface area contributed by atoms with Gasteiger partial charge in [-0.05, 0) is 54.5 Å². The van der Waals surface area contributed by atoms with E-state index in [0.29, 0.717) is 13.2 Å². The molecule has 0 bridgehead atoms. The smallest absolute Gasteiger partial charge is 0.127 e. The van der Waals surface area contributed by atoms with Crippen molar-refractivity contribution in [2.24, 2.45) is 0 Å². The number of fused-ring (bicyclic) bond motifs is 1. The van der Waals surface area contributed by atoms with Crippen molar-refractivity contribution in [2.75, 3.05) is 20.3 Å². The van der Waals surface area contributed by atoms with Gasteiger partial charge in [0.05, 0.1) is 13.2 Å². The number of aliphatic hydroxyl groups excluding tert-OH is 1. The molecule has 5 heteroatoms. The predicted molar refractivity (Wildman–Crippen MR) is 103 cm³/mol. The molecule has 0 fully saturated rings. The molecule has 1 heterocycles. The predicted octanol–water partition coefficient (Wildman–Crippen LogP) is 3.95. The van der Waals surface area contributed by atoms with Crippen molar-refractivity contribution in [1.29, 1.82) is 0 Å². The van der Waals surface area contributed by atoms with Crippen LogP contribution in [-0.2, 0) is 0 Å². The van der Waals surface area contributed by atoms with Crippen molar-refractivity contribution in [2.45, 2.75) is 19.1 Å². The Morgan fingerprint density at radius 3 is 2.72 bits per heavy atom. The third-order valence-electron chi connectivity index (χ3n) is 4.33. The zero-order chi connectivity index (χ0) is 17.8. The first-order chi connectivity index (χ1) is 12.1. The molecule has 25 heavy (non-hydrogen) atoms. The zero-order valence-electron chi connectivity index (χ0n) is 14.3. The molecule has 0 saturated heterocycles. The maximum atomic E-state index is 10.5. The third kappa shape index (κ3) is 4.42. The van der Waals surface area contributed by atoms with Gasteiger partial charge in [0.2, 0.25) is 0 Å². The van der Waals surface area contributed by atoms with E-state index in [9.17, 15) is 5.11 Å². The van der Waals surface area contributed by atoms with Crippen molar-refractivity contribution >= 4 is 22.0 Å². The molecule has 0 spiro atoms. The highest BCUT2D eigenvalue weighted by molar-refractivity contribution is 9.10. The average Bonchev–Trinajstić information content (AvgIpc) is 2.65. The standard InChI is InChI=1S/C20H22BrNO3/c1-13(20(23)15-3-6-18(24-2)7-4-15)22-11-14-9-16-10-17(21)5-8-19(16)25-12-14/h3-10,13,20,22-23H,11-12H2,1-2H3/t13-,20+/m1/s1. The highest BCUT2D eigenvalue weighted by Crippen LogP contribution is 2.29. The van der Waals surface area contributed by atoms with E-state index in [2.05, 4.69) is 27.3 Å². The molecule has 0 radical (unpaired) electrons. The molecular weight excluding hydrogens is 382 g/mol. The Bertz CT molecular complexity index is 758. The van der Waals surface area contributed by atoms with Gasteiger partial charge < -0.3 is 19.9 Å². The molecule has 4 nitrogen and oxygen atoms in total. The van der Waals surface area contributed by atoms with E-state index in [1.165, 1.54) is 0 Å². The summed E-state index contributed by atoms with van der Waals surface area (Å²) in [6, 6.07) is 13.4. The SMILES string of the molecule is COc1ccc([C@@H](O)[C@@H](C)NCC2=Cc3cc(Br)ccc3OC2)cc1. The van der Waals surface area contributed by atoms with Crippen LogP contribution < -0.4 is 14.8 Å². The Kier molecular flexibility index (Phi) is 5.78. The highest BCUT2D eigenvalue weighted by atomic mass is 79.9. The van der Waals surface area contributed by atoms with Gasteiger partial charge in [-0.15, -0.1) is 0 Å². The summed E-state index contributed by atoms with van der Waals surface area (Å²) in [6.45, 7) is 3.21. The fourth-order valence-electron chi connectivity index (χ4n) is 2.79. The number of rotatable bonds is 6. The first-order valence-electron chi connectivity index (χ1n) is 8.24. The Hall–Kier alpha value is -1.82. The number of aliphatic hydroxyl groups is 1. The van der Waals surface area contributed by atoms with E-state index >= 15 is 0 Å². The maximum absolute atomic E-state index is 10.5. The molecule has 0 aromatic heterocycles. The van der Waals surface area contributed by atoms with Gasteiger partial charge in [0.15, 0.2) is 0 Å². The molecule has 2 aromatic carbocycles. The minimum absolute atomic E-state index is 0.0850. The molecule has 1 aliphatic heterocycles. The molecule has 3 rings (SSSR count). The van der Waals surface area contributed by atoms with Gasteiger partial charge in [0.25, 0.3) is 0 Å². The van der Waals surface area contributed by atoms with Crippen molar-refractivity contribution in [3.05, 3.63) is 63.6 Å². The number of nitrogens with one attached hydrogen (secondary N) is 1. The first-order valence-corrected chi connectivity index (χ1v) is 9.03. The summed E-state index contributed by atoms with van der Waals surface area (Å²) in [4.78, 5) is 0. The monoisotopic (exact) mass is 403 g/mol. The number of benzene rings is 2. The van der Waals surface area contributed by atoms with Gasteiger partial charge in [-0.3, -0.25) is 0 Å². The van der Waals surface area contributed by atoms with Crippen LogP contribution in [0.25, 0.3) is 6.08 Å². The summed E-state index contributed by atoms with van der Waals surface area (Å²) in [6.07, 6.45) is 1.56. The van der Waals surface area contributed by atoms with Crippen molar-refractivity contribution in [3.8, 4) is 11.5 Å². The summed E-state index contributed by atoms with van der Waals surface area (Å²) in [5, 5.41) is 13.9. The van der Waals surface area contributed by atoms with Crippen LogP contribution in [0.2, 0.25) is 0 Å². The second-order valence-corrected chi connectivity index (χ2v) is 7.08. The van der Waals surface area contributed by atoms with Gasteiger partial charge in [-0.1, -0.05) is 28.1 Å². The van der Waals surface area contributed by atoms with Crippen LogP contribution in [0.1, 0.15) is 24.2 Å². The zero-order valence-corrected chi connectivity index (χ0v) is 15.9. The van der Waals surface area contributed by atoms with Gasteiger partial charge in [-0.25, -0.2) is 0 Å². The van der Waals surface area contributed by atoms with E-state index in [-0.39, 0.29) is 6.04 Å². The fourth-order valence-corrected chi connectivity index (χ4v) is 3.17. The summed E-state index contributed by atoms with van der Waals surface area (Å²) in [5.41, 5.74) is 3.09. The van der Waals surface area contributed by atoms with Crippen LogP contribution in [-0.4, -0.2) is 31.4 Å². The van der Waals surface area contributed by atoms with Crippen LogP contribution in [0.4, 0.5) is 0 Å². The Labute approximate surface area is 156 Å². The van der Waals surface area contributed by atoms with Crippen LogP contribution >= 0.6 is 15.9 Å². The lowest BCUT2D eigenvalue weighted by molar-refractivity contribution is 0.137.